The lowest BCUT2D eigenvalue weighted by molar-refractivity contribution is -0.118. The van der Waals surface area contributed by atoms with E-state index in [1.165, 1.54) is 0 Å². The summed E-state index contributed by atoms with van der Waals surface area (Å²) in [5.74, 6) is 0.668. The van der Waals surface area contributed by atoms with Crippen LogP contribution in [0.5, 0.6) is 5.75 Å². The normalized spacial score (nSPS) is 13.0. The van der Waals surface area contributed by atoms with Crippen molar-refractivity contribution in [3.63, 3.8) is 0 Å². The summed E-state index contributed by atoms with van der Waals surface area (Å²) in [7, 11) is 1.76. The number of aryl methyl sites for hydroxylation is 1. The number of carbonyl (C=O) groups excluding carboxylic acids is 2. The highest BCUT2D eigenvalue weighted by atomic mass is 16.5. The van der Waals surface area contributed by atoms with Crippen LogP contribution in [0.3, 0.4) is 0 Å². The molecule has 2 heterocycles. The molecule has 0 saturated heterocycles. The largest absolute Gasteiger partial charge is 0.482 e. The zero-order chi connectivity index (χ0) is 23.1. The predicted octanol–water partition coefficient (Wildman–Crippen LogP) is 3.18. The molecule has 0 bridgehead atoms. The number of fused-ring (bicyclic) bond motifs is 1. The third-order valence-electron chi connectivity index (χ3n) is 4.81. The van der Waals surface area contributed by atoms with Crippen molar-refractivity contribution < 1.29 is 14.3 Å². The molecule has 9 heteroatoms. The number of ether oxygens (including phenoxy) is 1. The van der Waals surface area contributed by atoms with Crippen LogP contribution >= 0.6 is 0 Å². The minimum absolute atomic E-state index is 0.00231. The molecule has 0 unspecified atom stereocenters. The summed E-state index contributed by atoms with van der Waals surface area (Å²) < 4.78 is 6.96. The highest BCUT2D eigenvalue weighted by Crippen LogP contribution is 2.33. The van der Waals surface area contributed by atoms with Gasteiger partial charge in [0.2, 0.25) is 0 Å². The Morgan fingerprint density at radius 1 is 1.41 bits per heavy atom. The Labute approximate surface area is 187 Å². The summed E-state index contributed by atoms with van der Waals surface area (Å²) in [5, 5.41) is 13.4. The Morgan fingerprint density at radius 3 is 2.97 bits per heavy atom. The summed E-state index contributed by atoms with van der Waals surface area (Å²) in [4.78, 5) is 28.8. The van der Waals surface area contributed by atoms with Gasteiger partial charge in [0, 0.05) is 26.4 Å². The maximum Gasteiger partial charge on any atom is 0.262 e. The molecular formula is C23H28N6O3. The molecular weight excluding hydrogens is 408 g/mol. The van der Waals surface area contributed by atoms with E-state index < -0.39 is 0 Å². The third kappa shape index (κ3) is 5.23. The standard InChI is InChI=1S/C23H28N6O3/c1-5-7-8-11-25-22-20(24-6-2)21(29(4)28-22)15(3)23(31)26-13-16-9-10-18-17(12-16)27-19(30)14-32-18/h5-7,9-10,12H,3,8,11,13-14H2,1-2,4H3,(H,25,28)(H,26,31)(H,27,30)/b7-5+,24-6?. The maximum atomic E-state index is 12.8. The number of benzene rings is 1. The number of anilines is 2. The smallest absolute Gasteiger partial charge is 0.262 e. The highest BCUT2D eigenvalue weighted by Gasteiger charge is 2.22. The number of aromatic nitrogens is 2. The van der Waals surface area contributed by atoms with E-state index in [4.69, 9.17) is 4.74 Å². The monoisotopic (exact) mass is 436 g/mol. The second kappa shape index (κ2) is 10.4. The van der Waals surface area contributed by atoms with Crippen LogP contribution in [0.25, 0.3) is 5.57 Å². The molecule has 0 saturated carbocycles. The molecule has 1 aliphatic rings. The van der Waals surface area contributed by atoms with Gasteiger partial charge in [0.1, 0.15) is 17.1 Å². The van der Waals surface area contributed by atoms with E-state index >= 15 is 0 Å². The molecule has 1 aliphatic heterocycles. The summed E-state index contributed by atoms with van der Waals surface area (Å²) in [6.07, 6.45) is 6.56. The fraction of sp³-hybridized carbons (Fsp3) is 0.304. The van der Waals surface area contributed by atoms with Crippen LogP contribution < -0.4 is 20.7 Å². The van der Waals surface area contributed by atoms with Gasteiger partial charge in [-0.3, -0.25) is 19.3 Å². The summed E-state index contributed by atoms with van der Waals surface area (Å²) in [6.45, 7) is 8.73. The van der Waals surface area contributed by atoms with E-state index in [1.54, 1.807) is 30.1 Å². The summed E-state index contributed by atoms with van der Waals surface area (Å²) >= 11 is 0. The van der Waals surface area contributed by atoms with E-state index in [2.05, 4.69) is 38.7 Å². The number of rotatable bonds is 9. The third-order valence-corrected chi connectivity index (χ3v) is 4.81. The second-order valence-corrected chi connectivity index (χ2v) is 7.17. The van der Waals surface area contributed by atoms with Gasteiger partial charge in [0.15, 0.2) is 12.4 Å². The average Bonchev–Trinajstić information content (AvgIpc) is 3.09. The highest BCUT2D eigenvalue weighted by molar-refractivity contribution is 6.20. The molecule has 2 aromatic rings. The molecule has 0 spiro atoms. The lowest BCUT2D eigenvalue weighted by Crippen LogP contribution is -2.26. The molecule has 0 radical (unpaired) electrons. The van der Waals surface area contributed by atoms with Crippen molar-refractivity contribution in [2.24, 2.45) is 12.0 Å². The maximum absolute atomic E-state index is 12.8. The number of nitrogens with zero attached hydrogens (tertiary/aromatic N) is 3. The van der Waals surface area contributed by atoms with Crippen LogP contribution in [0.1, 0.15) is 31.5 Å². The fourth-order valence-corrected chi connectivity index (χ4v) is 3.30. The van der Waals surface area contributed by atoms with Crippen LogP contribution in [0.2, 0.25) is 0 Å². The van der Waals surface area contributed by atoms with Gasteiger partial charge < -0.3 is 20.7 Å². The molecule has 0 aliphatic carbocycles. The SMILES string of the molecule is C=C(C(=O)NCc1ccc2c(c1)NC(=O)CO2)c1c(N=CC)c(NCC/C=C/C)nn1C. The first-order valence-corrected chi connectivity index (χ1v) is 10.4. The van der Waals surface area contributed by atoms with Gasteiger partial charge in [-0.2, -0.15) is 5.10 Å². The lowest BCUT2D eigenvalue weighted by Gasteiger charge is -2.18. The molecule has 32 heavy (non-hydrogen) atoms. The zero-order valence-electron chi connectivity index (χ0n) is 18.6. The number of nitrogens with one attached hydrogen (secondary N) is 3. The van der Waals surface area contributed by atoms with Crippen molar-refractivity contribution in [1.29, 1.82) is 0 Å². The Kier molecular flexibility index (Phi) is 7.43. The van der Waals surface area contributed by atoms with E-state index in [-0.39, 0.29) is 30.5 Å². The minimum Gasteiger partial charge on any atom is -0.482 e. The van der Waals surface area contributed by atoms with Gasteiger partial charge in [0.05, 0.1) is 11.3 Å². The van der Waals surface area contributed by atoms with Crippen molar-refractivity contribution in [3.05, 3.63) is 48.2 Å². The molecule has 2 amide bonds. The molecule has 3 N–H and O–H groups in total. The van der Waals surface area contributed by atoms with E-state index in [9.17, 15) is 9.59 Å². The van der Waals surface area contributed by atoms with E-state index in [1.807, 2.05) is 26.0 Å². The first kappa shape index (κ1) is 22.8. The number of carbonyl (C=O) groups is 2. The number of hydrogen-bond acceptors (Lipinski definition) is 6. The van der Waals surface area contributed by atoms with Gasteiger partial charge in [-0.05, 0) is 38.0 Å². The first-order chi connectivity index (χ1) is 15.4. The number of aliphatic imine (C=N–C) groups is 1. The molecule has 168 valence electrons. The van der Waals surface area contributed by atoms with Crippen molar-refractivity contribution >= 4 is 40.8 Å². The fourth-order valence-electron chi connectivity index (χ4n) is 3.30. The van der Waals surface area contributed by atoms with Crippen LogP contribution in [-0.2, 0) is 23.2 Å². The van der Waals surface area contributed by atoms with Gasteiger partial charge in [0.25, 0.3) is 11.8 Å². The van der Waals surface area contributed by atoms with Crippen molar-refractivity contribution in [3.8, 4) is 5.75 Å². The van der Waals surface area contributed by atoms with Crippen molar-refractivity contribution in [2.45, 2.75) is 26.8 Å². The minimum atomic E-state index is -0.334. The first-order valence-electron chi connectivity index (χ1n) is 10.4. The average molecular weight is 437 g/mol. The topological polar surface area (TPSA) is 110 Å². The number of amides is 2. The number of hydrogen-bond donors (Lipinski definition) is 3. The molecule has 1 aromatic heterocycles. The van der Waals surface area contributed by atoms with E-state index in [0.29, 0.717) is 35.2 Å². The second-order valence-electron chi connectivity index (χ2n) is 7.17. The Hall–Kier alpha value is -3.88. The Bertz CT molecular complexity index is 1080. The Morgan fingerprint density at radius 2 is 2.22 bits per heavy atom. The van der Waals surface area contributed by atoms with Gasteiger partial charge >= 0.3 is 0 Å². The predicted molar refractivity (Wildman–Crippen MR) is 126 cm³/mol. The van der Waals surface area contributed by atoms with Gasteiger partial charge in [-0.1, -0.05) is 24.8 Å². The molecule has 0 fully saturated rings. The van der Waals surface area contributed by atoms with E-state index in [0.717, 1.165) is 12.0 Å². The molecule has 1 aromatic carbocycles. The molecule has 0 atom stereocenters. The van der Waals surface area contributed by atoms with Crippen molar-refractivity contribution in [1.82, 2.24) is 15.1 Å². The van der Waals surface area contributed by atoms with Crippen LogP contribution in [0, 0.1) is 0 Å². The molecule has 3 rings (SSSR count). The van der Waals surface area contributed by atoms with Crippen LogP contribution in [0.4, 0.5) is 17.2 Å². The van der Waals surface area contributed by atoms with Crippen molar-refractivity contribution in [2.75, 3.05) is 23.8 Å². The zero-order valence-corrected chi connectivity index (χ0v) is 18.6. The summed E-state index contributed by atoms with van der Waals surface area (Å²) in [6, 6.07) is 5.38. The number of allylic oxidation sites excluding steroid dienone is 1. The summed E-state index contributed by atoms with van der Waals surface area (Å²) in [5.41, 5.74) is 2.78. The van der Waals surface area contributed by atoms with Crippen LogP contribution in [-0.4, -0.2) is 41.0 Å². The quantitative estimate of drug-likeness (QED) is 0.242. The van der Waals surface area contributed by atoms with Crippen LogP contribution in [0.15, 0.2) is 41.9 Å². The van der Waals surface area contributed by atoms with Gasteiger partial charge in [-0.25, -0.2) is 0 Å². The Balaban J connectivity index is 1.71. The lowest BCUT2D eigenvalue weighted by atomic mass is 10.1. The van der Waals surface area contributed by atoms with Gasteiger partial charge in [-0.15, -0.1) is 0 Å². The molecule has 9 nitrogen and oxygen atoms in total.